The van der Waals surface area contributed by atoms with Gasteiger partial charge in [0.15, 0.2) is 5.58 Å². The summed E-state index contributed by atoms with van der Waals surface area (Å²) < 4.78 is 66.1. The summed E-state index contributed by atoms with van der Waals surface area (Å²) in [5, 5.41) is 10.9. The number of fused-ring (bicyclic) bond motifs is 2. The highest BCUT2D eigenvalue weighted by atomic mass is 35.5. The molecule has 224 valence electrons. The monoisotopic (exact) mass is 611 g/mol. The van der Waals surface area contributed by atoms with Gasteiger partial charge in [-0.2, -0.15) is 4.98 Å². The van der Waals surface area contributed by atoms with Gasteiger partial charge in [0, 0.05) is 49.9 Å². The molecular weight excluding hydrogens is 587 g/mol. The average Bonchev–Trinajstić information content (AvgIpc) is 3.56. The summed E-state index contributed by atoms with van der Waals surface area (Å²) in [7, 11) is 0. The van der Waals surface area contributed by atoms with E-state index in [2.05, 4.69) is 14.7 Å². The number of nitro groups is 1. The largest absolute Gasteiger partial charge is 0.573 e. The van der Waals surface area contributed by atoms with Crippen LogP contribution in [0, 0.1) is 10.1 Å². The van der Waals surface area contributed by atoms with Crippen LogP contribution < -0.4 is 23.8 Å². The quantitative estimate of drug-likeness (QED) is 0.185. The number of anilines is 1. The maximum atomic E-state index is 12.3. The van der Waals surface area contributed by atoms with Crippen molar-refractivity contribution in [1.29, 1.82) is 0 Å². The molecule has 1 unspecified atom stereocenters. The summed E-state index contributed by atoms with van der Waals surface area (Å²) in [6, 6.07) is 11.4. The zero-order chi connectivity index (χ0) is 28.6. The number of benzene rings is 2. The number of rotatable bonds is 8. The average molecular weight is 612 g/mol. The zero-order valence-corrected chi connectivity index (χ0v) is 22.7. The zero-order valence-electron chi connectivity index (χ0n) is 21.9. The number of hydrogen-bond acceptors (Lipinski definition) is 10. The van der Waals surface area contributed by atoms with Gasteiger partial charge >= 0.3 is 18.2 Å². The predicted octanol–water partition coefficient (Wildman–Crippen LogP) is 5.53. The van der Waals surface area contributed by atoms with Gasteiger partial charge in [-0.05, 0) is 41.3 Å². The van der Waals surface area contributed by atoms with E-state index >= 15 is 0 Å². The predicted molar refractivity (Wildman–Crippen MR) is 144 cm³/mol. The molecule has 1 saturated heterocycles. The first-order valence-corrected chi connectivity index (χ1v) is 12.9. The lowest BCUT2D eigenvalue weighted by Crippen LogP contribution is -2.38. The third-order valence-electron chi connectivity index (χ3n) is 6.73. The molecule has 1 atom stereocenters. The number of halogens is 4. The van der Waals surface area contributed by atoms with Gasteiger partial charge in [0.2, 0.25) is 0 Å². The van der Waals surface area contributed by atoms with Crippen LogP contribution in [0.2, 0.25) is 0 Å². The number of aryl methyl sites for hydroxylation is 1. The number of piperidine rings is 1. The Hall–Kier alpha value is -4.40. The summed E-state index contributed by atoms with van der Waals surface area (Å²) in [5.41, 5.74) is 1.24. The van der Waals surface area contributed by atoms with E-state index in [4.69, 9.17) is 18.6 Å². The second-order valence-electron chi connectivity index (χ2n) is 9.62. The van der Waals surface area contributed by atoms with E-state index in [0.29, 0.717) is 67.5 Å². The van der Waals surface area contributed by atoms with Crippen LogP contribution in [-0.4, -0.2) is 57.7 Å². The van der Waals surface area contributed by atoms with Crippen molar-refractivity contribution in [2.24, 2.45) is 0 Å². The molecule has 0 aliphatic carbocycles. The molecule has 4 aromatic rings. The van der Waals surface area contributed by atoms with Crippen molar-refractivity contribution < 1.29 is 41.5 Å². The highest BCUT2D eigenvalue weighted by molar-refractivity contribution is 5.85. The molecule has 6 rings (SSSR count). The van der Waals surface area contributed by atoms with Crippen molar-refractivity contribution in [1.82, 2.24) is 14.5 Å². The molecule has 0 N–H and O–H groups in total. The van der Waals surface area contributed by atoms with Crippen LogP contribution in [0.25, 0.3) is 11.1 Å². The minimum atomic E-state index is -4.74. The Morgan fingerprint density at radius 2 is 1.71 bits per heavy atom. The van der Waals surface area contributed by atoms with Gasteiger partial charge in [0.05, 0.1) is 0 Å². The van der Waals surface area contributed by atoms with Gasteiger partial charge in [-0.3, -0.25) is 4.57 Å². The first kappa shape index (κ1) is 29.1. The van der Waals surface area contributed by atoms with Crippen molar-refractivity contribution in [2.75, 3.05) is 24.6 Å². The normalized spacial score (nSPS) is 17.2. The molecule has 0 radical (unpaired) electrons. The van der Waals surface area contributed by atoms with Crippen LogP contribution in [0.3, 0.4) is 0 Å². The van der Waals surface area contributed by atoms with E-state index in [-0.39, 0.29) is 48.8 Å². The smallest absolute Gasteiger partial charge is 0.490 e. The molecule has 2 aliphatic heterocycles. The molecule has 0 spiro atoms. The van der Waals surface area contributed by atoms with Crippen LogP contribution in [0.1, 0.15) is 19.3 Å². The third kappa shape index (κ3) is 6.73. The van der Waals surface area contributed by atoms with E-state index in [0.717, 1.165) is 0 Å². The van der Waals surface area contributed by atoms with Crippen molar-refractivity contribution in [3.63, 3.8) is 0 Å². The fourth-order valence-electron chi connectivity index (χ4n) is 4.72. The fourth-order valence-corrected chi connectivity index (χ4v) is 4.72. The highest BCUT2D eigenvalue weighted by Gasteiger charge is 2.31. The van der Waals surface area contributed by atoms with Crippen molar-refractivity contribution in [3.8, 4) is 23.3 Å². The summed E-state index contributed by atoms with van der Waals surface area (Å²) in [6.07, 6.45) is -1.81. The number of aromatic nitrogens is 3. The number of imidazole rings is 1. The first-order valence-electron chi connectivity index (χ1n) is 12.9. The highest BCUT2D eigenvalue weighted by Crippen LogP contribution is 2.30. The molecule has 2 aliphatic rings. The van der Waals surface area contributed by atoms with Gasteiger partial charge in [0.25, 0.3) is 6.01 Å². The number of nitrogens with zero attached hydrogens (tertiary/aromatic N) is 5. The lowest BCUT2D eigenvalue weighted by Gasteiger charge is -2.31. The van der Waals surface area contributed by atoms with Crippen molar-refractivity contribution >= 4 is 35.3 Å². The van der Waals surface area contributed by atoms with Gasteiger partial charge in [-0.25, -0.2) is 0 Å². The molecule has 2 aromatic heterocycles. The topological polar surface area (TPSA) is 127 Å². The number of ether oxygens (including phenoxy) is 4. The van der Waals surface area contributed by atoms with Crippen LogP contribution in [0.15, 0.2) is 53.1 Å². The molecule has 16 heteroatoms. The van der Waals surface area contributed by atoms with Crippen molar-refractivity contribution in [2.45, 2.75) is 44.4 Å². The standard InChI is InChI=1S/C26H24F3N5O7.ClH/c27-26(28,29)41-18-3-1-16(2-4-18)38-17-7-10-32(11-8-17)24-30-21-13-19(5-6-22(21)40-24)37-15-20-9-12-33-14-23(34(35)36)31-25(33)39-20;/h1-6,13-14,17,20H,7-12,15H2;1H. The first-order chi connectivity index (χ1) is 19.7. The third-order valence-corrected chi connectivity index (χ3v) is 6.73. The second-order valence-corrected chi connectivity index (χ2v) is 9.62. The molecule has 2 aromatic carbocycles. The summed E-state index contributed by atoms with van der Waals surface area (Å²) >= 11 is 0. The Kier molecular flexibility index (Phi) is 8.20. The van der Waals surface area contributed by atoms with Crippen LogP contribution in [-0.2, 0) is 6.54 Å². The summed E-state index contributed by atoms with van der Waals surface area (Å²) in [6.45, 7) is 2.04. The Morgan fingerprint density at radius 3 is 2.43 bits per heavy atom. The Labute approximate surface area is 242 Å². The van der Waals surface area contributed by atoms with E-state index < -0.39 is 11.3 Å². The minimum absolute atomic E-state index is 0. The van der Waals surface area contributed by atoms with Gasteiger partial charge < -0.3 is 38.4 Å². The van der Waals surface area contributed by atoms with E-state index in [1.54, 1.807) is 22.8 Å². The van der Waals surface area contributed by atoms with E-state index in [9.17, 15) is 23.3 Å². The Balaban J connectivity index is 0.00000353. The molecule has 4 heterocycles. The molecule has 1 fully saturated rings. The lowest BCUT2D eigenvalue weighted by molar-refractivity contribution is -0.389. The minimum Gasteiger partial charge on any atom is -0.490 e. The van der Waals surface area contributed by atoms with Crippen LogP contribution >= 0.6 is 12.4 Å². The maximum Gasteiger partial charge on any atom is 0.573 e. The molecular formula is C26H25ClF3N5O7. The molecule has 42 heavy (non-hydrogen) atoms. The lowest BCUT2D eigenvalue weighted by atomic mass is 10.1. The number of oxazole rings is 1. The number of hydrogen-bond donors (Lipinski definition) is 0. The Morgan fingerprint density at radius 1 is 1.00 bits per heavy atom. The van der Waals surface area contributed by atoms with Gasteiger partial charge in [-0.1, -0.05) is 0 Å². The molecule has 12 nitrogen and oxygen atoms in total. The molecule has 0 saturated carbocycles. The maximum absolute atomic E-state index is 12.3. The number of alkyl halides is 3. The SMILES string of the molecule is Cl.O=[N+]([O-])c1cn2c(n1)OC(COc1ccc3oc(N4CCC(Oc5ccc(OC(F)(F)F)cc5)CC4)nc3c1)CC2. The van der Waals surface area contributed by atoms with E-state index in [1.165, 1.54) is 30.5 Å². The van der Waals surface area contributed by atoms with Gasteiger partial charge in [-0.15, -0.1) is 25.6 Å². The fraction of sp³-hybridized carbons (Fsp3) is 0.385. The van der Waals surface area contributed by atoms with E-state index in [1.807, 2.05) is 4.90 Å². The molecule has 0 amide bonds. The summed E-state index contributed by atoms with van der Waals surface area (Å²) in [4.78, 5) is 20.9. The second kappa shape index (κ2) is 11.8. The van der Waals surface area contributed by atoms with Crippen LogP contribution in [0.4, 0.5) is 25.0 Å². The van der Waals surface area contributed by atoms with Gasteiger partial charge in [0.1, 0.15) is 47.8 Å². The molecule has 0 bridgehead atoms. The Bertz CT molecular complexity index is 1540. The van der Waals surface area contributed by atoms with Crippen molar-refractivity contribution in [3.05, 3.63) is 58.8 Å². The van der Waals surface area contributed by atoms with Crippen LogP contribution in [0.5, 0.6) is 23.3 Å². The summed E-state index contributed by atoms with van der Waals surface area (Å²) in [5.74, 6) is 0.503.